The molecule has 0 aliphatic rings. The number of carboxylic acid groups (broad SMARTS) is 1. The number of aliphatic carboxylic acids is 1. The number of hydrogen-bond donors (Lipinski definition) is 2. The summed E-state index contributed by atoms with van der Waals surface area (Å²) in [6, 6.07) is 0. The van der Waals surface area contributed by atoms with Crippen molar-refractivity contribution in [2.24, 2.45) is 5.92 Å². The first-order valence-electron chi connectivity index (χ1n) is 3.86. The summed E-state index contributed by atoms with van der Waals surface area (Å²) < 4.78 is 0. The number of carboxylic acids is 1. The molecule has 12 heavy (non-hydrogen) atoms. The van der Waals surface area contributed by atoms with Crippen LogP contribution in [0.4, 0.5) is 0 Å². The molecule has 4 heteroatoms. The van der Waals surface area contributed by atoms with E-state index in [-0.39, 0.29) is 12.1 Å². The van der Waals surface area contributed by atoms with Crippen molar-refractivity contribution in [1.29, 1.82) is 0 Å². The average molecular weight is 177 g/mol. The topological polar surface area (TPSA) is 96.9 Å². The van der Waals surface area contributed by atoms with Gasteiger partial charge in [-0.25, -0.2) is 0 Å². The third-order valence-electron chi connectivity index (χ3n) is 2.09. The molecule has 0 radical (unpaired) electrons. The Hall–Kier alpha value is -0.610. The summed E-state index contributed by atoms with van der Waals surface area (Å²) in [5.41, 5.74) is -1.68. The second-order valence-electron chi connectivity index (χ2n) is 3.12. The Labute approximate surface area is 73.2 Å². The molecule has 0 fully saturated rings. The Balaban J connectivity index is 0. The van der Waals surface area contributed by atoms with E-state index in [1.165, 1.54) is 6.92 Å². The highest BCUT2D eigenvalue weighted by Crippen LogP contribution is 2.20. The van der Waals surface area contributed by atoms with Crippen LogP contribution in [-0.4, -0.2) is 16.7 Å². The molecule has 0 aromatic heterocycles. The molecule has 0 saturated heterocycles. The largest absolute Gasteiger partial charge is 0.547 e. The maximum atomic E-state index is 10.4. The van der Waals surface area contributed by atoms with Crippen LogP contribution >= 0.6 is 0 Å². The van der Waals surface area contributed by atoms with E-state index >= 15 is 0 Å². The molecule has 2 unspecified atom stereocenters. The summed E-state index contributed by atoms with van der Waals surface area (Å²) in [6.07, 6.45) is 1.56. The first-order valence-corrected chi connectivity index (χ1v) is 3.86. The number of carbonyl (C=O) groups excluding carboxylic acids is 1. The van der Waals surface area contributed by atoms with E-state index in [4.69, 9.17) is 0 Å². The van der Waals surface area contributed by atoms with Crippen molar-refractivity contribution >= 4 is 5.97 Å². The van der Waals surface area contributed by atoms with Crippen molar-refractivity contribution in [1.82, 2.24) is 6.15 Å². The van der Waals surface area contributed by atoms with Gasteiger partial charge >= 0.3 is 0 Å². The van der Waals surface area contributed by atoms with Gasteiger partial charge < -0.3 is 21.2 Å². The molecule has 0 rings (SSSR count). The summed E-state index contributed by atoms with van der Waals surface area (Å²) in [7, 11) is 0. The normalized spacial score (nSPS) is 17.3. The van der Waals surface area contributed by atoms with E-state index in [2.05, 4.69) is 0 Å². The van der Waals surface area contributed by atoms with Gasteiger partial charge in [-0.15, -0.1) is 0 Å². The van der Waals surface area contributed by atoms with Gasteiger partial charge in [-0.3, -0.25) is 0 Å². The molecule has 0 spiro atoms. The van der Waals surface area contributed by atoms with E-state index in [0.717, 1.165) is 6.42 Å². The number of rotatable bonds is 4. The fourth-order valence-corrected chi connectivity index (χ4v) is 0.915. The fraction of sp³-hybridized carbons (Fsp3) is 0.875. The highest BCUT2D eigenvalue weighted by Gasteiger charge is 2.28. The minimum atomic E-state index is -1.68. The van der Waals surface area contributed by atoms with Crippen molar-refractivity contribution in [2.45, 2.75) is 39.2 Å². The fourth-order valence-electron chi connectivity index (χ4n) is 0.915. The van der Waals surface area contributed by atoms with Gasteiger partial charge in [0.2, 0.25) is 0 Å². The SMILES string of the molecule is CCCC(C)C(C)(O)C(=O)[O-].[NH4+]. The minimum absolute atomic E-state index is 0. The molecule has 0 aliphatic heterocycles. The Bertz CT molecular complexity index is 145. The molecular formula is C8H19NO3. The maximum Gasteiger partial charge on any atom is 0.104 e. The van der Waals surface area contributed by atoms with Crippen molar-refractivity contribution in [3.05, 3.63) is 0 Å². The monoisotopic (exact) mass is 177 g/mol. The lowest BCUT2D eigenvalue weighted by molar-refractivity contribution is -0.326. The van der Waals surface area contributed by atoms with E-state index in [1.54, 1.807) is 6.92 Å². The van der Waals surface area contributed by atoms with Gasteiger partial charge in [-0.1, -0.05) is 20.3 Å². The molecule has 0 heterocycles. The van der Waals surface area contributed by atoms with Gasteiger partial charge in [0.25, 0.3) is 0 Å². The van der Waals surface area contributed by atoms with Crippen LogP contribution in [0.25, 0.3) is 0 Å². The van der Waals surface area contributed by atoms with Crippen LogP contribution in [0.5, 0.6) is 0 Å². The minimum Gasteiger partial charge on any atom is -0.547 e. The Morgan fingerprint density at radius 1 is 1.67 bits per heavy atom. The highest BCUT2D eigenvalue weighted by molar-refractivity contribution is 5.74. The van der Waals surface area contributed by atoms with Crippen LogP contribution in [0, 0.1) is 5.92 Å². The molecule has 0 saturated carbocycles. The zero-order valence-corrected chi connectivity index (χ0v) is 8.26. The van der Waals surface area contributed by atoms with Crippen LogP contribution in [-0.2, 0) is 4.79 Å². The molecule has 0 aromatic rings. The van der Waals surface area contributed by atoms with E-state index < -0.39 is 11.6 Å². The average Bonchev–Trinajstić information content (AvgIpc) is 1.88. The zero-order valence-electron chi connectivity index (χ0n) is 8.26. The van der Waals surface area contributed by atoms with Crippen molar-refractivity contribution in [3.63, 3.8) is 0 Å². The second-order valence-corrected chi connectivity index (χ2v) is 3.12. The summed E-state index contributed by atoms with van der Waals surface area (Å²) in [5.74, 6) is -1.64. The zero-order chi connectivity index (χ0) is 9.07. The number of hydrogen-bond acceptors (Lipinski definition) is 3. The molecule has 0 aliphatic carbocycles. The van der Waals surface area contributed by atoms with Crippen molar-refractivity contribution in [2.75, 3.05) is 0 Å². The van der Waals surface area contributed by atoms with Gasteiger partial charge in [0, 0.05) is 0 Å². The van der Waals surface area contributed by atoms with Gasteiger partial charge in [-0.2, -0.15) is 0 Å². The molecule has 74 valence electrons. The summed E-state index contributed by atoms with van der Waals surface area (Å²) in [4.78, 5) is 10.4. The second kappa shape index (κ2) is 5.11. The summed E-state index contributed by atoms with van der Waals surface area (Å²) >= 11 is 0. The summed E-state index contributed by atoms with van der Waals surface area (Å²) in [6.45, 7) is 4.93. The van der Waals surface area contributed by atoms with Crippen molar-refractivity contribution < 1.29 is 15.0 Å². The lowest BCUT2D eigenvalue weighted by atomic mass is 9.87. The predicted molar refractivity (Wildman–Crippen MR) is 45.7 cm³/mol. The molecule has 0 aromatic carbocycles. The van der Waals surface area contributed by atoms with Crippen LogP contribution in [0.15, 0.2) is 0 Å². The molecule has 0 bridgehead atoms. The van der Waals surface area contributed by atoms with Gasteiger partial charge in [0.15, 0.2) is 0 Å². The number of carbonyl (C=O) groups is 1. The van der Waals surface area contributed by atoms with E-state index in [9.17, 15) is 15.0 Å². The smallest absolute Gasteiger partial charge is 0.104 e. The molecule has 0 amide bonds. The van der Waals surface area contributed by atoms with Crippen LogP contribution in [0.2, 0.25) is 0 Å². The van der Waals surface area contributed by atoms with Crippen LogP contribution < -0.4 is 11.3 Å². The third-order valence-corrected chi connectivity index (χ3v) is 2.09. The Morgan fingerprint density at radius 2 is 2.08 bits per heavy atom. The van der Waals surface area contributed by atoms with Gasteiger partial charge in [-0.05, 0) is 19.3 Å². The quantitative estimate of drug-likeness (QED) is 0.646. The number of aliphatic hydroxyl groups is 1. The summed E-state index contributed by atoms with van der Waals surface area (Å²) in [5, 5.41) is 19.7. The van der Waals surface area contributed by atoms with Gasteiger partial charge in [0.05, 0.1) is 5.97 Å². The molecular weight excluding hydrogens is 158 g/mol. The lowest BCUT2D eigenvalue weighted by Gasteiger charge is -2.30. The predicted octanol–water partition coefficient (Wildman–Crippen LogP) is 0.300. The van der Waals surface area contributed by atoms with Crippen LogP contribution in [0.1, 0.15) is 33.6 Å². The molecule has 5 N–H and O–H groups in total. The van der Waals surface area contributed by atoms with Gasteiger partial charge in [0.1, 0.15) is 5.60 Å². The first kappa shape index (κ1) is 13.9. The third kappa shape index (κ3) is 3.19. The van der Waals surface area contributed by atoms with E-state index in [0.29, 0.717) is 6.42 Å². The lowest BCUT2D eigenvalue weighted by Crippen LogP contribution is -2.50. The maximum absolute atomic E-state index is 10.4. The Morgan fingerprint density at radius 3 is 2.33 bits per heavy atom. The highest BCUT2D eigenvalue weighted by atomic mass is 16.4. The first-order chi connectivity index (χ1) is 4.92. The molecule has 4 nitrogen and oxygen atoms in total. The number of quaternary nitrogens is 1. The van der Waals surface area contributed by atoms with E-state index in [1.807, 2.05) is 6.92 Å². The standard InChI is InChI=1S/C8H16O3.H3N/c1-4-5-6(2)8(3,11)7(9)10;/h6,11H,4-5H2,1-3H3,(H,9,10);1H3. The molecule has 2 atom stereocenters. The Kier molecular flexibility index (Phi) is 5.94. The van der Waals surface area contributed by atoms with Crippen molar-refractivity contribution in [3.8, 4) is 0 Å². The van der Waals surface area contributed by atoms with Crippen LogP contribution in [0.3, 0.4) is 0 Å².